The van der Waals surface area contributed by atoms with Gasteiger partial charge >= 0.3 is 0 Å². The van der Waals surface area contributed by atoms with Crippen molar-refractivity contribution in [3.8, 4) is 11.8 Å². The highest BCUT2D eigenvalue weighted by atomic mass is 79.9. The van der Waals surface area contributed by atoms with Crippen molar-refractivity contribution in [1.29, 1.82) is 5.26 Å². The summed E-state index contributed by atoms with van der Waals surface area (Å²) in [6.45, 7) is 0.349. The lowest BCUT2D eigenvalue weighted by atomic mass is 10.1. The number of nitriles is 1. The minimum Gasteiger partial charge on any atom is -0.488 e. The Morgan fingerprint density at radius 1 is 1.03 bits per heavy atom. The van der Waals surface area contributed by atoms with Gasteiger partial charge in [0.15, 0.2) is 0 Å². The number of carbonyl (C=O) groups is 1. The van der Waals surface area contributed by atoms with Crippen LogP contribution < -0.4 is 10.1 Å². The molecule has 4 nitrogen and oxygen atoms in total. The first-order chi connectivity index (χ1) is 14.1. The molecule has 0 radical (unpaired) electrons. The smallest absolute Gasteiger partial charge is 0.266 e. The molecule has 29 heavy (non-hydrogen) atoms. The summed E-state index contributed by atoms with van der Waals surface area (Å²) in [5.41, 5.74) is 2.23. The van der Waals surface area contributed by atoms with E-state index >= 15 is 0 Å². The Morgan fingerprint density at radius 3 is 2.48 bits per heavy atom. The molecule has 3 aromatic carbocycles. The number of halogens is 2. The van der Waals surface area contributed by atoms with Crippen molar-refractivity contribution in [3.63, 3.8) is 0 Å². The topological polar surface area (TPSA) is 62.1 Å². The van der Waals surface area contributed by atoms with E-state index in [1.54, 1.807) is 18.2 Å². The number of carbonyl (C=O) groups excluding carboxylic acids is 1. The third-order valence-corrected chi connectivity index (χ3v) is 5.28. The molecule has 3 rings (SSSR count). The molecule has 3 aromatic rings. The van der Waals surface area contributed by atoms with E-state index in [0.717, 1.165) is 14.5 Å². The van der Waals surface area contributed by atoms with E-state index in [2.05, 4.69) is 37.2 Å². The van der Waals surface area contributed by atoms with Crippen molar-refractivity contribution in [2.45, 2.75) is 6.61 Å². The van der Waals surface area contributed by atoms with Crippen molar-refractivity contribution in [1.82, 2.24) is 0 Å². The summed E-state index contributed by atoms with van der Waals surface area (Å²) in [5.74, 6) is 0.0969. The largest absolute Gasteiger partial charge is 0.488 e. The summed E-state index contributed by atoms with van der Waals surface area (Å²) < 4.78 is 7.74. The zero-order valence-corrected chi connectivity index (χ0v) is 18.4. The Morgan fingerprint density at radius 2 is 1.76 bits per heavy atom. The van der Waals surface area contributed by atoms with Crippen molar-refractivity contribution in [3.05, 3.63) is 98.4 Å². The Hall–Kier alpha value is -2.88. The molecule has 0 aliphatic carbocycles. The van der Waals surface area contributed by atoms with Crippen molar-refractivity contribution in [2.24, 2.45) is 0 Å². The molecular weight excluding hydrogens is 496 g/mol. The third-order valence-electron chi connectivity index (χ3n) is 4.01. The SMILES string of the molecule is N#C/C(=C\c1cc(Br)ccc1OCc1ccccc1Br)C(=O)Nc1ccccc1. The van der Waals surface area contributed by atoms with Gasteiger partial charge in [-0.05, 0) is 42.5 Å². The molecule has 0 saturated carbocycles. The van der Waals surface area contributed by atoms with E-state index in [4.69, 9.17) is 4.74 Å². The first-order valence-corrected chi connectivity index (χ1v) is 10.3. The maximum absolute atomic E-state index is 12.5. The number of anilines is 1. The van der Waals surface area contributed by atoms with Crippen molar-refractivity contribution >= 4 is 49.5 Å². The van der Waals surface area contributed by atoms with Crippen LogP contribution in [0.5, 0.6) is 5.75 Å². The average molecular weight is 512 g/mol. The second-order valence-corrected chi connectivity index (χ2v) is 7.82. The molecule has 1 amide bonds. The monoisotopic (exact) mass is 510 g/mol. The van der Waals surface area contributed by atoms with Gasteiger partial charge in [-0.1, -0.05) is 68.3 Å². The third kappa shape index (κ3) is 5.80. The van der Waals surface area contributed by atoms with E-state index in [1.165, 1.54) is 6.08 Å². The van der Waals surface area contributed by atoms with Crippen LogP contribution in [0.25, 0.3) is 6.08 Å². The fourth-order valence-corrected chi connectivity index (χ4v) is 3.34. The summed E-state index contributed by atoms with van der Waals surface area (Å²) in [6, 6.07) is 24.2. The van der Waals surface area contributed by atoms with E-state index in [0.29, 0.717) is 23.6 Å². The zero-order valence-electron chi connectivity index (χ0n) is 15.2. The van der Waals surface area contributed by atoms with Gasteiger partial charge in [0, 0.05) is 25.8 Å². The maximum Gasteiger partial charge on any atom is 0.266 e. The molecular formula is C23H16Br2N2O2. The molecule has 0 aliphatic rings. The summed E-state index contributed by atoms with van der Waals surface area (Å²) in [5, 5.41) is 12.2. The highest BCUT2D eigenvalue weighted by molar-refractivity contribution is 9.10. The van der Waals surface area contributed by atoms with Crippen LogP contribution in [-0.2, 0) is 11.4 Å². The molecule has 0 fully saturated rings. The first-order valence-electron chi connectivity index (χ1n) is 8.71. The van der Waals surface area contributed by atoms with Crippen LogP contribution in [0.3, 0.4) is 0 Å². The van der Waals surface area contributed by atoms with Gasteiger partial charge in [0.2, 0.25) is 0 Å². The van der Waals surface area contributed by atoms with Crippen LogP contribution in [0.15, 0.2) is 87.3 Å². The van der Waals surface area contributed by atoms with E-state index in [1.807, 2.05) is 60.7 Å². The molecule has 0 bridgehead atoms. The Balaban J connectivity index is 1.84. The number of nitrogens with one attached hydrogen (secondary N) is 1. The number of hydrogen-bond acceptors (Lipinski definition) is 3. The number of benzene rings is 3. The summed E-state index contributed by atoms with van der Waals surface area (Å²) in [4.78, 5) is 12.5. The summed E-state index contributed by atoms with van der Waals surface area (Å²) >= 11 is 6.94. The number of nitrogens with zero attached hydrogens (tertiary/aromatic N) is 1. The van der Waals surface area contributed by atoms with E-state index in [-0.39, 0.29) is 5.57 Å². The summed E-state index contributed by atoms with van der Waals surface area (Å²) in [6.07, 6.45) is 1.53. The molecule has 1 N–H and O–H groups in total. The standard InChI is InChI=1S/C23H16Br2N2O2/c24-19-10-11-22(29-15-16-6-4-5-9-21(16)25)17(13-19)12-18(14-26)23(28)27-20-7-2-1-3-8-20/h1-13H,15H2,(H,27,28)/b18-12+. The number of amides is 1. The second kappa shape index (κ2) is 10.1. The predicted octanol–water partition coefficient (Wildman–Crippen LogP) is 6.34. The molecule has 0 atom stereocenters. The van der Waals surface area contributed by atoms with Gasteiger partial charge in [-0.3, -0.25) is 4.79 Å². The molecule has 0 aromatic heterocycles. The predicted molar refractivity (Wildman–Crippen MR) is 121 cm³/mol. The summed E-state index contributed by atoms with van der Waals surface area (Å²) in [7, 11) is 0. The molecule has 6 heteroatoms. The molecule has 144 valence electrons. The minimum atomic E-state index is -0.476. The molecule has 0 saturated heterocycles. The quantitative estimate of drug-likeness (QED) is 0.310. The zero-order chi connectivity index (χ0) is 20.6. The average Bonchev–Trinajstić information content (AvgIpc) is 2.73. The molecule has 0 spiro atoms. The first kappa shape index (κ1) is 20.8. The Bertz CT molecular complexity index is 1090. The lowest BCUT2D eigenvalue weighted by molar-refractivity contribution is -0.112. The minimum absolute atomic E-state index is 0.0160. The van der Waals surface area contributed by atoms with E-state index in [9.17, 15) is 10.1 Å². The van der Waals surface area contributed by atoms with Crippen LogP contribution in [0.1, 0.15) is 11.1 Å². The highest BCUT2D eigenvalue weighted by Gasteiger charge is 2.12. The number of ether oxygens (including phenoxy) is 1. The van der Waals surface area contributed by atoms with Crippen LogP contribution in [-0.4, -0.2) is 5.91 Å². The van der Waals surface area contributed by atoms with E-state index < -0.39 is 5.91 Å². The van der Waals surface area contributed by atoms with Gasteiger partial charge in [0.1, 0.15) is 24.0 Å². The Labute approximate surface area is 186 Å². The fraction of sp³-hybridized carbons (Fsp3) is 0.0435. The van der Waals surface area contributed by atoms with Crippen molar-refractivity contribution in [2.75, 3.05) is 5.32 Å². The fourth-order valence-electron chi connectivity index (χ4n) is 2.56. The molecule has 0 heterocycles. The van der Waals surface area contributed by atoms with Gasteiger partial charge in [-0.25, -0.2) is 0 Å². The number of rotatable bonds is 6. The lowest BCUT2D eigenvalue weighted by Gasteiger charge is -2.11. The number of hydrogen-bond donors (Lipinski definition) is 1. The van der Waals surface area contributed by atoms with Crippen LogP contribution in [0.2, 0.25) is 0 Å². The van der Waals surface area contributed by atoms with Gasteiger partial charge < -0.3 is 10.1 Å². The van der Waals surface area contributed by atoms with Gasteiger partial charge in [0.05, 0.1) is 0 Å². The number of para-hydroxylation sites is 1. The van der Waals surface area contributed by atoms with Crippen LogP contribution in [0.4, 0.5) is 5.69 Å². The van der Waals surface area contributed by atoms with Gasteiger partial charge in [0.25, 0.3) is 5.91 Å². The normalized spacial score (nSPS) is 10.9. The van der Waals surface area contributed by atoms with Crippen LogP contribution >= 0.6 is 31.9 Å². The second-order valence-electron chi connectivity index (χ2n) is 6.05. The molecule has 0 unspecified atom stereocenters. The molecule has 0 aliphatic heterocycles. The van der Waals surface area contributed by atoms with Gasteiger partial charge in [-0.15, -0.1) is 0 Å². The lowest BCUT2D eigenvalue weighted by Crippen LogP contribution is -2.13. The maximum atomic E-state index is 12.5. The Kier molecular flexibility index (Phi) is 7.23. The van der Waals surface area contributed by atoms with Gasteiger partial charge in [-0.2, -0.15) is 5.26 Å². The highest BCUT2D eigenvalue weighted by Crippen LogP contribution is 2.27. The van der Waals surface area contributed by atoms with Crippen LogP contribution in [0, 0.1) is 11.3 Å². The van der Waals surface area contributed by atoms with Crippen molar-refractivity contribution < 1.29 is 9.53 Å².